The molecule has 0 fully saturated rings. The van der Waals surface area contributed by atoms with E-state index in [4.69, 9.17) is 5.73 Å². The first-order chi connectivity index (χ1) is 13.6. The standard InChI is InChI=1S/C21H27N3O4S/c1-4-5-11-24(14-20(22)25)21(26)19-13-18(10-9-16(19)3)29(27,28)23-17-8-6-7-15(2)12-17/h6-10,12-13,23H,4-5,11,14H2,1-3H3,(H2,22,25). The van der Waals surface area contributed by atoms with Crippen LogP contribution >= 0.6 is 0 Å². The number of nitrogens with one attached hydrogen (secondary N) is 1. The second-order valence-corrected chi connectivity index (χ2v) is 8.68. The molecule has 0 saturated carbocycles. The number of amides is 2. The summed E-state index contributed by atoms with van der Waals surface area (Å²) < 4.78 is 28.1. The van der Waals surface area contributed by atoms with Gasteiger partial charge < -0.3 is 10.6 Å². The normalized spacial score (nSPS) is 11.1. The second kappa shape index (κ2) is 9.56. The average molecular weight is 418 g/mol. The summed E-state index contributed by atoms with van der Waals surface area (Å²) in [4.78, 5) is 25.7. The SMILES string of the molecule is CCCCN(CC(N)=O)C(=O)c1cc(S(=O)(=O)Nc2cccc(C)c2)ccc1C. The molecule has 7 nitrogen and oxygen atoms in total. The van der Waals surface area contributed by atoms with Gasteiger partial charge in [0.15, 0.2) is 0 Å². The largest absolute Gasteiger partial charge is 0.368 e. The van der Waals surface area contributed by atoms with Crippen LogP contribution in [0.15, 0.2) is 47.4 Å². The van der Waals surface area contributed by atoms with Crippen LogP contribution in [-0.4, -0.2) is 38.2 Å². The molecule has 0 radical (unpaired) electrons. The van der Waals surface area contributed by atoms with Gasteiger partial charge in [-0.05, 0) is 55.7 Å². The van der Waals surface area contributed by atoms with E-state index in [-0.39, 0.29) is 17.0 Å². The Morgan fingerprint density at radius 1 is 1.10 bits per heavy atom. The van der Waals surface area contributed by atoms with Crippen molar-refractivity contribution in [2.24, 2.45) is 5.73 Å². The first-order valence-electron chi connectivity index (χ1n) is 9.41. The van der Waals surface area contributed by atoms with E-state index in [1.165, 1.54) is 17.0 Å². The number of nitrogens with two attached hydrogens (primary N) is 1. The molecular weight excluding hydrogens is 390 g/mol. The zero-order chi connectivity index (χ0) is 21.6. The number of nitrogens with zero attached hydrogens (tertiary/aromatic N) is 1. The molecule has 0 aliphatic rings. The van der Waals surface area contributed by atoms with Crippen molar-refractivity contribution in [3.63, 3.8) is 0 Å². The summed E-state index contributed by atoms with van der Waals surface area (Å²) in [6, 6.07) is 11.4. The van der Waals surface area contributed by atoms with Gasteiger partial charge in [0.25, 0.3) is 15.9 Å². The van der Waals surface area contributed by atoms with Gasteiger partial charge in [-0.25, -0.2) is 8.42 Å². The Bertz CT molecular complexity index is 1000. The van der Waals surface area contributed by atoms with E-state index >= 15 is 0 Å². The minimum Gasteiger partial charge on any atom is -0.368 e. The molecule has 8 heteroatoms. The number of hydrogen-bond acceptors (Lipinski definition) is 4. The highest BCUT2D eigenvalue weighted by molar-refractivity contribution is 7.92. The summed E-state index contributed by atoms with van der Waals surface area (Å²) >= 11 is 0. The van der Waals surface area contributed by atoms with Crippen LogP contribution in [0.1, 0.15) is 41.3 Å². The Morgan fingerprint density at radius 3 is 2.45 bits per heavy atom. The van der Waals surface area contributed by atoms with Gasteiger partial charge in [0.1, 0.15) is 0 Å². The monoisotopic (exact) mass is 417 g/mol. The van der Waals surface area contributed by atoms with Crippen LogP contribution in [0.4, 0.5) is 5.69 Å². The van der Waals surface area contributed by atoms with Gasteiger partial charge in [0.05, 0.1) is 11.4 Å². The Morgan fingerprint density at radius 2 is 1.83 bits per heavy atom. The third kappa shape index (κ3) is 6.05. The van der Waals surface area contributed by atoms with Gasteiger partial charge in [-0.2, -0.15) is 0 Å². The van der Waals surface area contributed by atoms with Gasteiger partial charge in [-0.3, -0.25) is 14.3 Å². The molecule has 0 aliphatic carbocycles. The molecule has 0 saturated heterocycles. The van der Waals surface area contributed by atoms with Crippen molar-refractivity contribution in [3.05, 3.63) is 59.2 Å². The topological polar surface area (TPSA) is 110 Å². The maximum absolute atomic E-state index is 13.0. The predicted molar refractivity (Wildman–Crippen MR) is 113 cm³/mol. The van der Waals surface area contributed by atoms with Crippen LogP contribution in [-0.2, 0) is 14.8 Å². The molecule has 0 unspecified atom stereocenters. The van der Waals surface area contributed by atoms with Gasteiger partial charge >= 0.3 is 0 Å². The van der Waals surface area contributed by atoms with Crippen LogP contribution in [0.5, 0.6) is 0 Å². The van der Waals surface area contributed by atoms with Crippen LogP contribution in [0, 0.1) is 13.8 Å². The molecule has 0 atom stereocenters. The number of anilines is 1. The van der Waals surface area contributed by atoms with E-state index in [9.17, 15) is 18.0 Å². The highest BCUT2D eigenvalue weighted by atomic mass is 32.2. The fraction of sp³-hybridized carbons (Fsp3) is 0.333. The summed E-state index contributed by atoms with van der Waals surface area (Å²) in [5.41, 5.74) is 7.49. The van der Waals surface area contributed by atoms with Crippen molar-refractivity contribution >= 4 is 27.5 Å². The number of unbranched alkanes of at least 4 members (excludes halogenated alkanes) is 1. The summed E-state index contributed by atoms with van der Waals surface area (Å²) in [6.07, 6.45) is 1.56. The predicted octanol–water partition coefficient (Wildman–Crippen LogP) is 2.83. The summed E-state index contributed by atoms with van der Waals surface area (Å²) in [7, 11) is -3.88. The quantitative estimate of drug-likeness (QED) is 0.654. The molecule has 29 heavy (non-hydrogen) atoms. The molecule has 0 aromatic heterocycles. The first kappa shape index (κ1) is 22.4. The first-order valence-corrected chi connectivity index (χ1v) is 10.9. The summed E-state index contributed by atoms with van der Waals surface area (Å²) in [6.45, 7) is 5.72. The summed E-state index contributed by atoms with van der Waals surface area (Å²) in [5, 5.41) is 0. The number of carbonyl (C=O) groups is 2. The van der Waals surface area contributed by atoms with Crippen molar-refractivity contribution in [1.82, 2.24) is 4.90 Å². The maximum atomic E-state index is 13.0. The lowest BCUT2D eigenvalue weighted by atomic mass is 10.1. The Kier molecular flexibility index (Phi) is 7.39. The van der Waals surface area contributed by atoms with Gasteiger partial charge in [0, 0.05) is 17.8 Å². The zero-order valence-corrected chi connectivity index (χ0v) is 17.8. The fourth-order valence-electron chi connectivity index (χ4n) is 2.88. The van der Waals surface area contributed by atoms with Gasteiger partial charge in [-0.1, -0.05) is 31.5 Å². The molecule has 0 aliphatic heterocycles. The minimum absolute atomic E-state index is 0.0255. The third-order valence-corrected chi connectivity index (χ3v) is 5.81. The molecule has 2 aromatic rings. The number of primary amides is 1. The minimum atomic E-state index is -3.88. The number of carbonyl (C=O) groups excluding carboxylic acids is 2. The van der Waals surface area contributed by atoms with E-state index in [2.05, 4.69) is 4.72 Å². The maximum Gasteiger partial charge on any atom is 0.261 e. The Labute approximate surface area is 172 Å². The molecular formula is C21H27N3O4S. The molecule has 3 N–H and O–H groups in total. The number of aryl methyl sites for hydroxylation is 2. The lowest BCUT2D eigenvalue weighted by Gasteiger charge is -2.22. The highest BCUT2D eigenvalue weighted by Gasteiger charge is 2.22. The van der Waals surface area contributed by atoms with Crippen molar-refractivity contribution in [2.75, 3.05) is 17.8 Å². The number of rotatable bonds is 9. The molecule has 156 valence electrons. The van der Waals surface area contributed by atoms with Crippen molar-refractivity contribution < 1.29 is 18.0 Å². The molecule has 2 amide bonds. The van der Waals surface area contributed by atoms with E-state index in [0.717, 1.165) is 12.0 Å². The van der Waals surface area contributed by atoms with Gasteiger partial charge in [0.2, 0.25) is 5.91 Å². The van der Waals surface area contributed by atoms with Crippen LogP contribution in [0.2, 0.25) is 0 Å². The number of hydrogen-bond donors (Lipinski definition) is 2. The second-order valence-electron chi connectivity index (χ2n) is 7.00. The number of benzene rings is 2. The zero-order valence-electron chi connectivity index (χ0n) is 16.9. The lowest BCUT2D eigenvalue weighted by Crippen LogP contribution is -2.39. The van der Waals surface area contributed by atoms with E-state index in [1.54, 1.807) is 31.2 Å². The van der Waals surface area contributed by atoms with Crippen molar-refractivity contribution in [1.29, 1.82) is 0 Å². The van der Waals surface area contributed by atoms with Crippen LogP contribution < -0.4 is 10.5 Å². The summed E-state index contributed by atoms with van der Waals surface area (Å²) in [5.74, 6) is -1.03. The Hall–Kier alpha value is -2.87. The number of sulfonamides is 1. The molecule has 0 heterocycles. The molecule has 0 bridgehead atoms. The van der Waals surface area contributed by atoms with Crippen LogP contribution in [0.3, 0.4) is 0 Å². The molecule has 2 aromatic carbocycles. The highest BCUT2D eigenvalue weighted by Crippen LogP contribution is 2.21. The molecule has 2 rings (SSSR count). The van der Waals surface area contributed by atoms with E-state index < -0.39 is 21.8 Å². The smallest absolute Gasteiger partial charge is 0.261 e. The van der Waals surface area contributed by atoms with Crippen molar-refractivity contribution in [2.45, 2.75) is 38.5 Å². The average Bonchev–Trinajstić information content (AvgIpc) is 2.64. The third-order valence-electron chi connectivity index (χ3n) is 4.44. The fourth-order valence-corrected chi connectivity index (χ4v) is 3.96. The Balaban J connectivity index is 2.36. The van der Waals surface area contributed by atoms with E-state index in [1.807, 2.05) is 19.9 Å². The van der Waals surface area contributed by atoms with Crippen molar-refractivity contribution in [3.8, 4) is 0 Å². The van der Waals surface area contributed by atoms with E-state index in [0.29, 0.717) is 24.2 Å². The lowest BCUT2D eigenvalue weighted by molar-refractivity contribution is -0.118. The van der Waals surface area contributed by atoms with Crippen LogP contribution in [0.25, 0.3) is 0 Å². The van der Waals surface area contributed by atoms with Gasteiger partial charge in [-0.15, -0.1) is 0 Å². The molecule has 0 spiro atoms.